The number of benzene rings is 1. The number of likely N-dealkylation sites (N-methyl/N-ethyl adjacent to an activating group) is 1. The van der Waals surface area contributed by atoms with Crippen molar-refractivity contribution in [1.82, 2.24) is 4.90 Å². The molecule has 0 atom stereocenters. The topological polar surface area (TPSA) is 29.3 Å². The van der Waals surface area contributed by atoms with E-state index in [1.54, 1.807) is 0 Å². The zero-order valence-corrected chi connectivity index (χ0v) is 11.7. The van der Waals surface area contributed by atoms with Gasteiger partial charge in [-0.2, -0.15) is 0 Å². The van der Waals surface area contributed by atoms with E-state index in [4.69, 9.17) is 5.73 Å². The van der Waals surface area contributed by atoms with Gasteiger partial charge in [-0.15, -0.1) is 0 Å². The Morgan fingerprint density at radius 3 is 2.18 bits per heavy atom. The second kappa shape index (κ2) is 6.77. The second-order valence-corrected chi connectivity index (χ2v) is 5.07. The highest BCUT2D eigenvalue weighted by atomic mass is 15.1. The number of aryl methyl sites for hydroxylation is 3. The molecule has 0 fully saturated rings. The summed E-state index contributed by atoms with van der Waals surface area (Å²) >= 11 is 0. The molecule has 0 aromatic heterocycles. The highest BCUT2D eigenvalue weighted by Crippen LogP contribution is 2.17. The van der Waals surface area contributed by atoms with Crippen LogP contribution in [0, 0.1) is 20.8 Å². The smallest absolute Gasteiger partial charge is 0.00190 e. The van der Waals surface area contributed by atoms with Crippen LogP contribution in [0.3, 0.4) is 0 Å². The van der Waals surface area contributed by atoms with Crippen LogP contribution in [-0.4, -0.2) is 31.6 Å². The Balaban J connectivity index is 2.57. The third kappa shape index (κ3) is 4.49. The van der Waals surface area contributed by atoms with Gasteiger partial charge in [0.25, 0.3) is 0 Å². The van der Waals surface area contributed by atoms with Crippen molar-refractivity contribution in [2.45, 2.75) is 33.6 Å². The Morgan fingerprint density at radius 1 is 1.06 bits per heavy atom. The molecule has 0 amide bonds. The van der Waals surface area contributed by atoms with Crippen molar-refractivity contribution in [1.29, 1.82) is 0 Å². The molecule has 0 aliphatic rings. The van der Waals surface area contributed by atoms with Crippen LogP contribution in [0.5, 0.6) is 0 Å². The van der Waals surface area contributed by atoms with Crippen molar-refractivity contribution in [2.24, 2.45) is 5.73 Å². The van der Waals surface area contributed by atoms with E-state index >= 15 is 0 Å². The summed E-state index contributed by atoms with van der Waals surface area (Å²) in [5.41, 5.74) is 11.2. The van der Waals surface area contributed by atoms with Gasteiger partial charge in [-0.1, -0.05) is 17.7 Å². The number of rotatable bonds is 6. The fourth-order valence-corrected chi connectivity index (χ4v) is 2.38. The maximum absolute atomic E-state index is 5.52. The Bertz CT molecular complexity index is 335. The molecule has 17 heavy (non-hydrogen) atoms. The minimum absolute atomic E-state index is 0.785. The lowest BCUT2D eigenvalue weighted by Crippen LogP contribution is -2.24. The SMILES string of the molecule is Cc1cc(C)c(CCN(C)CCCN)c(C)c1. The monoisotopic (exact) mass is 234 g/mol. The van der Waals surface area contributed by atoms with Crippen molar-refractivity contribution >= 4 is 0 Å². The molecule has 1 rings (SSSR count). The molecule has 0 saturated heterocycles. The summed E-state index contributed by atoms with van der Waals surface area (Å²) in [4.78, 5) is 2.37. The fourth-order valence-electron chi connectivity index (χ4n) is 2.38. The molecule has 0 spiro atoms. The highest BCUT2D eigenvalue weighted by molar-refractivity contribution is 5.37. The second-order valence-electron chi connectivity index (χ2n) is 5.07. The van der Waals surface area contributed by atoms with Crippen molar-refractivity contribution in [3.05, 3.63) is 34.4 Å². The molecule has 0 heterocycles. The first kappa shape index (κ1) is 14.2. The van der Waals surface area contributed by atoms with Gasteiger partial charge in [-0.25, -0.2) is 0 Å². The van der Waals surface area contributed by atoms with Gasteiger partial charge in [0, 0.05) is 6.54 Å². The number of nitrogens with zero attached hydrogens (tertiary/aromatic N) is 1. The normalized spacial score (nSPS) is 11.2. The molecular weight excluding hydrogens is 208 g/mol. The van der Waals surface area contributed by atoms with Crippen LogP contribution in [0.1, 0.15) is 28.7 Å². The van der Waals surface area contributed by atoms with Gasteiger partial charge in [0.2, 0.25) is 0 Å². The van der Waals surface area contributed by atoms with E-state index in [9.17, 15) is 0 Å². The van der Waals surface area contributed by atoms with Crippen LogP contribution in [0.25, 0.3) is 0 Å². The predicted molar refractivity (Wildman–Crippen MR) is 75.5 cm³/mol. The zero-order valence-electron chi connectivity index (χ0n) is 11.7. The Kier molecular flexibility index (Phi) is 5.66. The lowest BCUT2D eigenvalue weighted by atomic mass is 9.97. The number of hydrogen-bond donors (Lipinski definition) is 1. The fraction of sp³-hybridized carbons (Fsp3) is 0.600. The summed E-state index contributed by atoms with van der Waals surface area (Å²) in [6.45, 7) is 9.60. The summed E-state index contributed by atoms with van der Waals surface area (Å²) in [6, 6.07) is 4.56. The molecule has 0 aliphatic carbocycles. The Labute approximate surface area is 106 Å². The quantitative estimate of drug-likeness (QED) is 0.819. The van der Waals surface area contributed by atoms with Gasteiger partial charge in [-0.3, -0.25) is 0 Å². The summed E-state index contributed by atoms with van der Waals surface area (Å²) < 4.78 is 0. The standard InChI is InChI=1S/C15H26N2/c1-12-10-13(2)15(14(3)11-12)6-9-17(4)8-5-7-16/h10-11H,5-9,16H2,1-4H3. The molecule has 0 unspecified atom stereocenters. The maximum atomic E-state index is 5.52. The molecule has 0 aliphatic heterocycles. The number of hydrogen-bond acceptors (Lipinski definition) is 2. The van der Waals surface area contributed by atoms with Crippen molar-refractivity contribution in [2.75, 3.05) is 26.7 Å². The van der Waals surface area contributed by atoms with Crippen LogP contribution >= 0.6 is 0 Å². The molecule has 0 saturated carbocycles. The van der Waals surface area contributed by atoms with Gasteiger partial charge in [0.1, 0.15) is 0 Å². The maximum Gasteiger partial charge on any atom is 0.00190 e. The Hall–Kier alpha value is -0.860. The van der Waals surface area contributed by atoms with Crippen LogP contribution in [0.4, 0.5) is 0 Å². The summed E-state index contributed by atoms with van der Waals surface area (Å²) in [6.07, 6.45) is 2.22. The van der Waals surface area contributed by atoms with Crippen molar-refractivity contribution in [3.8, 4) is 0 Å². The minimum atomic E-state index is 0.785. The molecule has 1 aromatic carbocycles. The molecule has 2 N–H and O–H groups in total. The van der Waals surface area contributed by atoms with E-state index in [-0.39, 0.29) is 0 Å². The van der Waals surface area contributed by atoms with Crippen molar-refractivity contribution in [3.63, 3.8) is 0 Å². The summed E-state index contributed by atoms with van der Waals surface area (Å²) in [5, 5.41) is 0. The molecular formula is C15H26N2. The summed E-state index contributed by atoms with van der Waals surface area (Å²) in [7, 11) is 2.18. The van der Waals surface area contributed by atoms with Crippen molar-refractivity contribution < 1.29 is 0 Å². The van der Waals surface area contributed by atoms with E-state index in [0.29, 0.717) is 0 Å². The van der Waals surface area contributed by atoms with Crippen LogP contribution in [-0.2, 0) is 6.42 Å². The highest BCUT2D eigenvalue weighted by Gasteiger charge is 2.05. The zero-order chi connectivity index (χ0) is 12.8. The molecule has 2 heteroatoms. The number of nitrogens with two attached hydrogens (primary N) is 1. The van der Waals surface area contributed by atoms with E-state index in [1.807, 2.05) is 0 Å². The first-order valence-corrected chi connectivity index (χ1v) is 6.50. The molecule has 0 bridgehead atoms. The van der Waals surface area contributed by atoms with E-state index in [1.165, 1.54) is 22.3 Å². The average Bonchev–Trinajstić information content (AvgIpc) is 2.24. The minimum Gasteiger partial charge on any atom is -0.330 e. The van der Waals surface area contributed by atoms with Gasteiger partial charge in [0.05, 0.1) is 0 Å². The van der Waals surface area contributed by atoms with Gasteiger partial charge in [0.15, 0.2) is 0 Å². The summed E-state index contributed by atoms with van der Waals surface area (Å²) in [5.74, 6) is 0. The third-order valence-corrected chi connectivity index (χ3v) is 3.33. The van der Waals surface area contributed by atoms with E-state index < -0.39 is 0 Å². The van der Waals surface area contributed by atoms with Crippen LogP contribution in [0.2, 0.25) is 0 Å². The Morgan fingerprint density at radius 2 is 1.65 bits per heavy atom. The lowest BCUT2D eigenvalue weighted by molar-refractivity contribution is 0.335. The van der Waals surface area contributed by atoms with Gasteiger partial charge in [-0.05, 0) is 70.4 Å². The van der Waals surface area contributed by atoms with Crippen LogP contribution in [0.15, 0.2) is 12.1 Å². The van der Waals surface area contributed by atoms with Gasteiger partial charge < -0.3 is 10.6 Å². The molecule has 2 nitrogen and oxygen atoms in total. The molecule has 1 aromatic rings. The first-order chi connectivity index (χ1) is 8.04. The average molecular weight is 234 g/mol. The first-order valence-electron chi connectivity index (χ1n) is 6.50. The van der Waals surface area contributed by atoms with Gasteiger partial charge >= 0.3 is 0 Å². The van der Waals surface area contributed by atoms with E-state index in [0.717, 1.165) is 32.5 Å². The van der Waals surface area contributed by atoms with E-state index in [2.05, 4.69) is 44.9 Å². The third-order valence-electron chi connectivity index (χ3n) is 3.33. The molecule has 0 radical (unpaired) electrons. The lowest BCUT2D eigenvalue weighted by Gasteiger charge is -2.18. The van der Waals surface area contributed by atoms with Crippen LogP contribution < -0.4 is 5.73 Å². The molecule has 96 valence electrons. The predicted octanol–water partition coefficient (Wildman–Crippen LogP) is 2.43. The largest absolute Gasteiger partial charge is 0.330 e.